The van der Waals surface area contributed by atoms with Crippen molar-refractivity contribution in [3.8, 4) is 11.5 Å². The number of carbonyl (C=O) groups is 1. The lowest BCUT2D eigenvalue weighted by molar-refractivity contribution is 0.0729. The molecule has 1 amide bonds. The number of benzene rings is 1. The SMILES string of the molecule is C=CCN(C(=O)c1cc(OC)c(OC)cc1N)C(C)C. The second-order valence-corrected chi connectivity index (χ2v) is 4.63. The van der Waals surface area contributed by atoms with Crippen molar-refractivity contribution in [1.29, 1.82) is 0 Å². The third kappa shape index (κ3) is 3.23. The van der Waals surface area contributed by atoms with Gasteiger partial charge in [0.05, 0.1) is 19.8 Å². The third-order valence-electron chi connectivity index (χ3n) is 3.00. The van der Waals surface area contributed by atoms with Crippen LogP contribution in [0.4, 0.5) is 5.69 Å². The van der Waals surface area contributed by atoms with Gasteiger partial charge in [-0.25, -0.2) is 0 Å². The molecule has 110 valence electrons. The number of hydrogen-bond acceptors (Lipinski definition) is 4. The highest BCUT2D eigenvalue weighted by Crippen LogP contribution is 2.32. The summed E-state index contributed by atoms with van der Waals surface area (Å²) in [6.45, 7) is 8.02. The predicted molar refractivity (Wildman–Crippen MR) is 80.3 cm³/mol. The lowest BCUT2D eigenvalue weighted by atomic mass is 10.1. The fourth-order valence-corrected chi connectivity index (χ4v) is 1.90. The summed E-state index contributed by atoms with van der Waals surface area (Å²) in [6, 6.07) is 3.25. The Balaban J connectivity index is 3.24. The van der Waals surface area contributed by atoms with E-state index in [1.807, 2.05) is 13.8 Å². The first-order valence-electron chi connectivity index (χ1n) is 6.39. The molecule has 0 heterocycles. The molecule has 0 saturated carbocycles. The van der Waals surface area contributed by atoms with Gasteiger partial charge in [-0.2, -0.15) is 0 Å². The van der Waals surface area contributed by atoms with Crippen molar-refractivity contribution in [2.45, 2.75) is 19.9 Å². The van der Waals surface area contributed by atoms with Crippen molar-refractivity contribution in [2.75, 3.05) is 26.5 Å². The number of rotatable bonds is 6. The number of hydrogen-bond donors (Lipinski definition) is 1. The molecule has 1 aromatic rings. The van der Waals surface area contributed by atoms with Crippen molar-refractivity contribution >= 4 is 11.6 Å². The van der Waals surface area contributed by atoms with E-state index in [4.69, 9.17) is 15.2 Å². The van der Waals surface area contributed by atoms with E-state index in [2.05, 4.69) is 6.58 Å². The maximum atomic E-state index is 12.6. The maximum absolute atomic E-state index is 12.6. The smallest absolute Gasteiger partial charge is 0.256 e. The summed E-state index contributed by atoms with van der Waals surface area (Å²) < 4.78 is 10.4. The number of methoxy groups -OCH3 is 2. The van der Waals surface area contributed by atoms with Crippen LogP contribution in [0.1, 0.15) is 24.2 Å². The van der Waals surface area contributed by atoms with Crippen molar-refractivity contribution in [3.05, 3.63) is 30.4 Å². The zero-order chi connectivity index (χ0) is 15.3. The first-order valence-corrected chi connectivity index (χ1v) is 6.39. The Bertz CT molecular complexity index is 498. The average molecular weight is 278 g/mol. The van der Waals surface area contributed by atoms with Gasteiger partial charge in [0.2, 0.25) is 0 Å². The first kappa shape index (κ1) is 15.9. The Hall–Kier alpha value is -2.17. The molecular weight excluding hydrogens is 256 g/mol. The molecule has 5 heteroatoms. The second-order valence-electron chi connectivity index (χ2n) is 4.63. The Kier molecular flexibility index (Phi) is 5.43. The summed E-state index contributed by atoms with van der Waals surface area (Å²) in [4.78, 5) is 14.3. The van der Waals surface area contributed by atoms with Gasteiger partial charge in [-0.15, -0.1) is 6.58 Å². The van der Waals surface area contributed by atoms with Crippen LogP contribution < -0.4 is 15.2 Å². The van der Waals surface area contributed by atoms with E-state index in [-0.39, 0.29) is 11.9 Å². The van der Waals surface area contributed by atoms with E-state index in [1.54, 1.807) is 23.1 Å². The molecule has 0 fully saturated rings. The van der Waals surface area contributed by atoms with Gasteiger partial charge < -0.3 is 20.1 Å². The molecule has 0 saturated heterocycles. The predicted octanol–water partition coefficient (Wildman–Crippen LogP) is 2.32. The molecule has 0 aliphatic carbocycles. The molecule has 1 rings (SSSR count). The van der Waals surface area contributed by atoms with Crippen LogP contribution in [0.25, 0.3) is 0 Å². The monoisotopic (exact) mass is 278 g/mol. The molecule has 2 N–H and O–H groups in total. The number of amides is 1. The van der Waals surface area contributed by atoms with Crippen LogP contribution in [0.2, 0.25) is 0 Å². The van der Waals surface area contributed by atoms with E-state index in [0.717, 1.165) is 0 Å². The highest BCUT2D eigenvalue weighted by atomic mass is 16.5. The Morgan fingerprint density at radius 2 is 1.90 bits per heavy atom. The molecule has 0 radical (unpaired) electrons. The van der Waals surface area contributed by atoms with Crippen LogP contribution in [0.3, 0.4) is 0 Å². The molecule has 0 bridgehead atoms. The molecule has 0 unspecified atom stereocenters. The minimum atomic E-state index is -0.154. The van der Waals surface area contributed by atoms with Gasteiger partial charge >= 0.3 is 0 Å². The van der Waals surface area contributed by atoms with Gasteiger partial charge in [0.15, 0.2) is 11.5 Å². The summed E-state index contributed by atoms with van der Waals surface area (Å²) in [6.07, 6.45) is 1.69. The summed E-state index contributed by atoms with van der Waals surface area (Å²) in [5.41, 5.74) is 6.71. The Labute approximate surface area is 120 Å². The largest absolute Gasteiger partial charge is 0.493 e. The van der Waals surface area contributed by atoms with Crippen LogP contribution in [0, 0.1) is 0 Å². The Morgan fingerprint density at radius 1 is 1.35 bits per heavy atom. The molecule has 0 spiro atoms. The molecule has 0 atom stereocenters. The maximum Gasteiger partial charge on any atom is 0.256 e. The summed E-state index contributed by atoms with van der Waals surface area (Å²) >= 11 is 0. The van der Waals surface area contributed by atoms with Crippen LogP contribution in [0.5, 0.6) is 11.5 Å². The van der Waals surface area contributed by atoms with Crippen LogP contribution >= 0.6 is 0 Å². The van der Waals surface area contributed by atoms with Gasteiger partial charge in [-0.1, -0.05) is 6.08 Å². The zero-order valence-corrected chi connectivity index (χ0v) is 12.5. The molecule has 0 aromatic heterocycles. The highest BCUT2D eigenvalue weighted by molar-refractivity contribution is 6.00. The molecule has 1 aromatic carbocycles. The summed E-state index contributed by atoms with van der Waals surface area (Å²) in [7, 11) is 3.04. The van der Waals surface area contributed by atoms with E-state index >= 15 is 0 Å². The number of ether oxygens (including phenoxy) is 2. The van der Waals surface area contributed by atoms with Gasteiger partial charge in [-0.3, -0.25) is 4.79 Å². The zero-order valence-electron chi connectivity index (χ0n) is 12.5. The van der Waals surface area contributed by atoms with Crippen molar-refractivity contribution in [1.82, 2.24) is 4.90 Å². The van der Waals surface area contributed by atoms with Gasteiger partial charge in [0.1, 0.15) is 0 Å². The number of nitrogens with zero attached hydrogens (tertiary/aromatic N) is 1. The lowest BCUT2D eigenvalue weighted by Crippen LogP contribution is -2.37. The van der Waals surface area contributed by atoms with Gasteiger partial charge in [-0.05, 0) is 19.9 Å². The normalized spacial score (nSPS) is 10.2. The number of nitrogen functional groups attached to an aromatic ring is 1. The number of anilines is 1. The number of nitrogens with two attached hydrogens (primary N) is 1. The van der Waals surface area contributed by atoms with Crippen LogP contribution in [0.15, 0.2) is 24.8 Å². The van der Waals surface area contributed by atoms with Crippen LogP contribution in [-0.4, -0.2) is 37.6 Å². The standard InChI is InChI=1S/C15H22N2O3/c1-6-7-17(10(2)3)15(18)11-8-13(19-4)14(20-5)9-12(11)16/h6,8-10H,1,7,16H2,2-5H3. The van der Waals surface area contributed by atoms with Crippen LogP contribution in [-0.2, 0) is 0 Å². The lowest BCUT2D eigenvalue weighted by Gasteiger charge is -2.26. The van der Waals surface area contributed by atoms with E-state index in [9.17, 15) is 4.79 Å². The fraction of sp³-hybridized carbons (Fsp3) is 0.400. The first-order chi connectivity index (χ1) is 9.46. The van der Waals surface area contributed by atoms with E-state index in [0.29, 0.717) is 29.3 Å². The topological polar surface area (TPSA) is 64.8 Å². The third-order valence-corrected chi connectivity index (χ3v) is 3.00. The molecular formula is C15H22N2O3. The summed E-state index contributed by atoms with van der Waals surface area (Å²) in [5.74, 6) is 0.826. The molecule has 20 heavy (non-hydrogen) atoms. The van der Waals surface area contributed by atoms with Crippen molar-refractivity contribution in [2.24, 2.45) is 0 Å². The Morgan fingerprint density at radius 3 is 2.35 bits per heavy atom. The van der Waals surface area contributed by atoms with Gasteiger partial charge in [0.25, 0.3) is 5.91 Å². The average Bonchev–Trinajstić information content (AvgIpc) is 2.43. The summed E-state index contributed by atoms with van der Waals surface area (Å²) in [5, 5.41) is 0. The number of carbonyl (C=O) groups excluding carboxylic acids is 1. The second kappa shape index (κ2) is 6.84. The van der Waals surface area contributed by atoms with Crippen molar-refractivity contribution in [3.63, 3.8) is 0 Å². The van der Waals surface area contributed by atoms with E-state index < -0.39 is 0 Å². The molecule has 5 nitrogen and oxygen atoms in total. The molecule has 0 aliphatic heterocycles. The molecule has 0 aliphatic rings. The van der Waals surface area contributed by atoms with E-state index in [1.165, 1.54) is 14.2 Å². The van der Waals surface area contributed by atoms with Gasteiger partial charge in [0, 0.05) is 24.3 Å². The minimum absolute atomic E-state index is 0.0491. The van der Waals surface area contributed by atoms with Crippen molar-refractivity contribution < 1.29 is 14.3 Å². The minimum Gasteiger partial charge on any atom is -0.493 e. The quantitative estimate of drug-likeness (QED) is 0.640. The highest BCUT2D eigenvalue weighted by Gasteiger charge is 2.22. The fourth-order valence-electron chi connectivity index (χ4n) is 1.90.